The first-order valence-electron chi connectivity index (χ1n) is 10.3. The molecule has 1 aliphatic heterocycles. The highest BCUT2D eigenvalue weighted by atomic mass is 19.4. The normalized spacial score (nSPS) is 17.2. The van der Waals surface area contributed by atoms with Gasteiger partial charge in [-0.3, -0.25) is 9.59 Å². The van der Waals surface area contributed by atoms with E-state index in [9.17, 15) is 27.9 Å². The summed E-state index contributed by atoms with van der Waals surface area (Å²) >= 11 is 0. The van der Waals surface area contributed by atoms with Crippen molar-refractivity contribution < 1.29 is 27.9 Å². The smallest absolute Gasteiger partial charge is 0.374 e. The summed E-state index contributed by atoms with van der Waals surface area (Å²) in [7, 11) is 1.32. The largest absolute Gasteiger partial charge is 0.425 e. The summed E-state index contributed by atoms with van der Waals surface area (Å²) in [5.74, 6) is -1.60. The highest BCUT2D eigenvalue weighted by Crippen LogP contribution is 2.41. The standard InChI is InChI=1S/C22H27F3N4O3/c1-20(2,16-7-5-4-6-8-16)19(31)29-13-11-28(12-14-29)17(30)15-21(32,22(23,24)25)18-26-9-10-27(18)3/h4-10,32H,11-15H2,1-3H3. The Kier molecular flexibility index (Phi) is 6.37. The Hall–Kier alpha value is -2.88. The maximum Gasteiger partial charge on any atom is 0.425 e. The van der Waals surface area contributed by atoms with Gasteiger partial charge in [0.15, 0.2) is 5.82 Å². The van der Waals surface area contributed by atoms with Crippen molar-refractivity contribution in [1.82, 2.24) is 19.4 Å². The van der Waals surface area contributed by atoms with Crippen LogP contribution in [0.25, 0.3) is 0 Å². The van der Waals surface area contributed by atoms with Crippen molar-refractivity contribution in [1.29, 1.82) is 0 Å². The lowest BCUT2D eigenvalue weighted by molar-refractivity contribution is -0.272. The van der Waals surface area contributed by atoms with Gasteiger partial charge in [-0.1, -0.05) is 30.3 Å². The van der Waals surface area contributed by atoms with Gasteiger partial charge in [0, 0.05) is 45.6 Å². The summed E-state index contributed by atoms with van der Waals surface area (Å²) < 4.78 is 42.2. The average Bonchev–Trinajstić information content (AvgIpc) is 3.19. The van der Waals surface area contributed by atoms with Crippen LogP contribution in [0.5, 0.6) is 0 Å². The Bertz CT molecular complexity index is 966. The van der Waals surface area contributed by atoms with Gasteiger partial charge in [0.1, 0.15) is 0 Å². The van der Waals surface area contributed by atoms with Gasteiger partial charge in [-0.2, -0.15) is 13.2 Å². The second-order valence-corrected chi connectivity index (χ2v) is 8.56. The van der Waals surface area contributed by atoms with E-state index in [-0.39, 0.29) is 32.1 Å². The third kappa shape index (κ3) is 4.36. The van der Waals surface area contributed by atoms with E-state index >= 15 is 0 Å². The van der Waals surface area contributed by atoms with Gasteiger partial charge >= 0.3 is 6.18 Å². The van der Waals surface area contributed by atoms with Crippen LogP contribution in [0.4, 0.5) is 13.2 Å². The van der Waals surface area contributed by atoms with Gasteiger partial charge in [-0.15, -0.1) is 0 Å². The van der Waals surface area contributed by atoms with Crippen LogP contribution in [-0.2, 0) is 27.7 Å². The molecule has 1 fully saturated rings. The fraction of sp³-hybridized carbons (Fsp3) is 0.500. The van der Waals surface area contributed by atoms with Crippen LogP contribution < -0.4 is 0 Å². The monoisotopic (exact) mass is 452 g/mol. The van der Waals surface area contributed by atoms with Crippen molar-refractivity contribution in [3.8, 4) is 0 Å². The van der Waals surface area contributed by atoms with Crippen LogP contribution in [0.2, 0.25) is 0 Å². The van der Waals surface area contributed by atoms with E-state index in [4.69, 9.17) is 0 Å². The van der Waals surface area contributed by atoms with E-state index in [0.717, 1.165) is 16.3 Å². The van der Waals surface area contributed by atoms with Gasteiger partial charge in [-0.05, 0) is 19.4 Å². The fourth-order valence-corrected chi connectivity index (χ4v) is 3.93. The number of amides is 2. The lowest BCUT2D eigenvalue weighted by atomic mass is 9.83. The molecule has 0 aliphatic carbocycles. The summed E-state index contributed by atoms with van der Waals surface area (Å²) in [6, 6.07) is 9.30. The number of carbonyl (C=O) groups excluding carboxylic acids is 2. The van der Waals surface area contributed by atoms with Gasteiger partial charge in [0.05, 0.1) is 11.8 Å². The van der Waals surface area contributed by atoms with Crippen LogP contribution in [0.1, 0.15) is 31.7 Å². The molecule has 1 aromatic carbocycles. The molecule has 1 atom stereocenters. The third-order valence-corrected chi connectivity index (χ3v) is 6.02. The molecular weight excluding hydrogens is 425 g/mol. The number of imidazole rings is 1. The lowest BCUT2D eigenvalue weighted by Crippen LogP contribution is -2.56. The van der Waals surface area contributed by atoms with E-state index in [1.165, 1.54) is 18.1 Å². The number of piperazine rings is 1. The van der Waals surface area contributed by atoms with Gasteiger partial charge < -0.3 is 19.5 Å². The second-order valence-electron chi connectivity index (χ2n) is 8.56. The Morgan fingerprint density at radius 1 is 1.03 bits per heavy atom. The minimum atomic E-state index is -5.08. The number of hydrogen-bond acceptors (Lipinski definition) is 4. The molecule has 3 rings (SSSR count). The number of aryl methyl sites for hydroxylation is 1. The maximum absolute atomic E-state index is 13.7. The predicted octanol–water partition coefficient (Wildman–Crippen LogP) is 2.21. The summed E-state index contributed by atoms with van der Waals surface area (Å²) in [6.07, 6.45) is -3.85. The SMILES string of the molecule is Cn1ccnc1C(O)(CC(=O)N1CCN(C(=O)C(C)(C)c2ccccc2)CC1)C(F)(F)F. The van der Waals surface area contributed by atoms with Crippen molar-refractivity contribution in [2.24, 2.45) is 7.05 Å². The second kappa shape index (κ2) is 8.57. The molecule has 0 saturated carbocycles. The molecule has 1 aliphatic rings. The molecule has 1 saturated heterocycles. The summed E-state index contributed by atoms with van der Waals surface area (Å²) in [6.45, 7) is 4.21. The van der Waals surface area contributed by atoms with Gasteiger partial charge in [-0.25, -0.2) is 4.98 Å². The maximum atomic E-state index is 13.7. The van der Waals surface area contributed by atoms with E-state index < -0.39 is 35.3 Å². The third-order valence-electron chi connectivity index (χ3n) is 6.02. The molecule has 32 heavy (non-hydrogen) atoms. The minimum Gasteiger partial charge on any atom is -0.374 e. The van der Waals surface area contributed by atoms with Crippen LogP contribution in [-0.4, -0.2) is 68.6 Å². The topological polar surface area (TPSA) is 78.7 Å². The van der Waals surface area contributed by atoms with Crippen molar-refractivity contribution >= 4 is 11.8 Å². The molecule has 0 radical (unpaired) electrons. The molecule has 1 aromatic heterocycles. The van der Waals surface area contributed by atoms with Gasteiger partial charge in [0.25, 0.3) is 0 Å². The van der Waals surface area contributed by atoms with Crippen molar-refractivity contribution in [2.45, 2.75) is 37.5 Å². The molecule has 2 aromatic rings. The zero-order chi connectivity index (χ0) is 23.7. The molecule has 2 heterocycles. The zero-order valence-corrected chi connectivity index (χ0v) is 18.3. The molecular formula is C22H27F3N4O3. The highest BCUT2D eigenvalue weighted by molar-refractivity contribution is 5.87. The molecule has 2 amide bonds. The minimum absolute atomic E-state index is 0.0872. The first-order valence-corrected chi connectivity index (χ1v) is 10.3. The molecule has 7 nitrogen and oxygen atoms in total. The molecule has 1 unspecified atom stereocenters. The quantitative estimate of drug-likeness (QED) is 0.755. The highest BCUT2D eigenvalue weighted by Gasteiger charge is 2.59. The first kappa shape index (κ1) is 23.8. The number of aromatic nitrogens is 2. The Labute approximate surface area is 184 Å². The van der Waals surface area contributed by atoms with E-state index in [1.54, 1.807) is 4.90 Å². The van der Waals surface area contributed by atoms with E-state index in [0.29, 0.717) is 0 Å². The molecule has 10 heteroatoms. The molecule has 0 spiro atoms. The predicted molar refractivity (Wildman–Crippen MR) is 110 cm³/mol. The Morgan fingerprint density at radius 3 is 2.09 bits per heavy atom. The Balaban J connectivity index is 1.68. The fourth-order valence-electron chi connectivity index (χ4n) is 3.93. The lowest BCUT2D eigenvalue weighted by Gasteiger charge is -2.39. The summed E-state index contributed by atoms with van der Waals surface area (Å²) in [4.78, 5) is 32.2. The summed E-state index contributed by atoms with van der Waals surface area (Å²) in [5, 5.41) is 10.4. The van der Waals surface area contributed by atoms with Crippen molar-refractivity contribution in [2.75, 3.05) is 26.2 Å². The molecule has 1 N–H and O–H groups in total. The number of halogens is 3. The number of benzene rings is 1. The number of alkyl halides is 3. The van der Waals surface area contributed by atoms with Crippen molar-refractivity contribution in [3.63, 3.8) is 0 Å². The van der Waals surface area contributed by atoms with Crippen LogP contribution in [0.3, 0.4) is 0 Å². The van der Waals surface area contributed by atoms with Crippen molar-refractivity contribution in [3.05, 3.63) is 54.1 Å². The van der Waals surface area contributed by atoms with E-state index in [1.807, 2.05) is 44.2 Å². The zero-order valence-electron chi connectivity index (χ0n) is 18.3. The van der Waals surface area contributed by atoms with Crippen LogP contribution >= 0.6 is 0 Å². The average molecular weight is 452 g/mol. The van der Waals surface area contributed by atoms with E-state index in [2.05, 4.69) is 4.98 Å². The molecule has 0 bridgehead atoms. The number of nitrogens with zero attached hydrogens (tertiary/aromatic N) is 4. The number of carbonyl (C=O) groups is 2. The number of aliphatic hydroxyl groups is 1. The molecule has 174 valence electrons. The van der Waals surface area contributed by atoms with Gasteiger partial charge in [0.2, 0.25) is 17.4 Å². The first-order chi connectivity index (χ1) is 14.9. The summed E-state index contributed by atoms with van der Waals surface area (Å²) in [5.41, 5.74) is -3.32. The number of rotatable bonds is 5. The van der Waals surface area contributed by atoms with Crippen LogP contribution in [0, 0.1) is 0 Å². The number of hydrogen-bond donors (Lipinski definition) is 1. The Morgan fingerprint density at radius 2 is 1.59 bits per heavy atom. The van der Waals surface area contributed by atoms with Crippen LogP contribution in [0.15, 0.2) is 42.7 Å².